The van der Waals surface area contributed by atoms with Gasteiger partial charge in [0, 0.05) is 12.2 Å². The van der Waals surface area contributed by atoms with Crippen LogP contribution in [0.3, 0.4) is 0 Å². The minimum absolute atomic E-state index is 0.563. The Morgan fingerprint density at radius 1 is 1.09 bits per heavy atom. The normalized spacial score (nSPS) is 16.1. The average Bonchev–Trinajstić information content (AvgIpc) is 2.81. The third kappa shape index (κ3) is 6.88. The molecular formula is C19H31N3S. The lowest BCUT2D eigenvalue weighted by Crippen LogP contribution is -2.32. The Hall–Kier alpha value is -1.13. The standard InChI is InChI=1S/C19H31N3S/c1-16(2)17-8-10-18(11-9-17)21-19(23)20-12-7-15-22-13-5-3-4-6-14-22/h8-11,16H,3-7,12-15H2,1-2H3,(H2,20,21,23). The van der Waals surface area contributed by atoms with Gasteiger partial charge in [0.1, 0.15) is 0 Å². The molecular weight excluding hydrogens is 302 g/mol. The lowest BCUT2D eigenvalue weighted by molar-refractivity contribution is 0.282. The minimum atomic E-state index is 0.563. The van der Waals surface area contributed by atoms with Gasteiger partial charge in [-0.25, -0.2) is 0 Å². The molecule has 23 heavy (non-hydrogen) atoms. The molecule has 0 spiro atoms. The van der Waals surface area contributed by atoms with Crippen molar-refractivity contribution >= 4 is 23.0 Å². The first-order valence-corrected chi connectivity index (χ1v) is 9.43. The highest BCUT2D eigenvalue weighted by molar-refractivity contribution is 7.80. The number of thiocarbonyl (C=S) groups is 1. The van der Waals surface area contributed by atoms with E-state index < -0.39 is 0 Å². The van der Waals surface area contributed by atoms with Crippen molar-refractivity contribution in [3.05, 3.63) is 29.8 Å². The Kier molecular flexibility index (Phi) is 7.83. The van der Waals surface area contributed by atoms with Crippen molar-refractivity contribution in [1.82, 2.24) is 10.2 Å². The molecule has 0 radical (unpaired) electrons. The predicted octanol–water partition coefficient (Wildman–Crippen LogP) is 4.36. The largest absolute Gasteiger partial charge is 0.362 e. The summed E-state index contributed by atoms with van der Waals surface area (Å²) in [6.45, 7) is 9.07. The third-order valence-electron chi connectivity index (χ3n) is 4.47. The van der Waals surface area contributed by atoms with Crippen LogP contribution in [-0.4, -0.2) is 36.2 Å². The summed E-state index contributed by atoms with van der Waals surface area (Å²) >= 11 is 5.38. The van der Waals surface area contributed by atoms with Crippen LogP contribution in [-0.2, 0) is 0 Å². The molecule has 0 amide bonds. The van der Waals surface area contributed by atoms with Crippen LogP contribution >= 0.6 is 12.2 Å². The Morgan fingerprint density at radius 2 is 1.74 bits per heavy atom. The van der Waals surface area contributed by atoms with Crippen LogP contribution < -0.4 is 10.6 Å². The lowest BCUT2D eigenvalue weighted by Gasteiger charge is -2.20. The second-order valence-corrected chi connectivity index (χ2v) is 7.18. The summed E-state index contributed by atoms with van der Waals surface area (Å²) in [7, 11) is 0. The molecule has 0 atom stereocenters. The zero-order valence-electron chi connectivity index (χ0n) is 14.6. The third-order valence-corrected chi connectivity index (χ3v) is 4.72. The van der Waals surface area contributed by atoms with Crippen LogP contribution in [0.25, 0.3) is 0 Å². The van der Waals surface area contributed by atoms with E-state index in [1.807, 2.05) is 0 Å². The minimum Gasteiger partial charge on any atom is -0.362 e. The van der Waals surface area contributed by atoms with Crippen molar-refractivity contribution in [3.63, 3.8) is 0 Å². The van der Waals surface area contributed by atoms with Gasteiger partial charge in [-0.05, 0) is 74.7 Å². The molecule has 4 heteroatoms. The zero-order chi connectivity index (χ0) is 16.5. The number of rotatable bonds is 6. The Bertz CT molecular complexity index is 462. The van der Waals surface area contributed by atoms with Crippen molar-refractivity contribution in [3.8, 4) is 0 Å². The molecule has 2 N–H and O–H groups in total. The number of anilines is 1. The van der Waals surface area contributed by atoms with E-state index in [9.17, 15) is 0 Å². The highest BCUT2D eigenvalue weighted by Crippen LogP contribution is 2.17. The molecule has 0 unspecified atom stereocenters. The number of hydrogen-bond acceptors (Lipinski definition) is 2. The van der Waals surface area contributed by atoms with Gasteiger partial charge in [0.25, 0.3) is 0 Å². The van der Waals surface area contributed by atoms with Crippen LogP contribution in [0.2, 0.25) is 0 Å². The zero-order valence-corrected chi connectivity index (χ0v) is 15.4. The van der Waals surface area contributed by atoms with Gasteiger partial charge >= 0.3 is 0 Å². The molecule has 2 rings (SSSR count). The van der Waals surface area contributed by atoms with E-state index in [4.69, 9.17) is 12.2 Å². The summed E-state index contributed by atoms with van der Waals surface area (Å²) in [5.74, 6) is 0.563. The summed E-state index contributed by atoms with van der Waals surface area (Å²) in [5, 5.41) is 7.30. The van der Waals surface area contributed by atoms with E-state index in [2.05, 4.69) is 53.6 Å². The Labute approximate surface area is 146 Å². The molecule has 1 heterocycles. The van der Waals surface area contributed by atoms with Gasteiger partial charge in [0.2, 0.25) is 0 Å². The van der Waals surface area contributed by atoms with E-state index >= 15 is 0 Å². The molecule has 0 aliphatic carbocycles. The molecule has 0 bridgehead atoms. The van der Waals surface area contributed by atoms with Gasteiger partial charge in [-0.1, -0.05) is 38.8 Å². The second-order valence-electron chi connectivity index (χ2n) is 6.77. The predicted molar refractivity (Wildman–Crippen MR) is 104 cm³/mol. The van der Waals surface area contributed by atoms with Crippen LogP contribution in [0.15, 0.2) is 24.3 Å². The van der Waals surface area contributed by atoms with Gasteiger partial charge in [0.05, 0.1) is 0 Å². The molecule has 1 aliphatic heterocycles. The quantitative estimate of drug-likeness (QED) is 0.597. The van der Waals surface area contributed by atoms with Crippen LogP contribution in [0.5, 0.6) is 0 Å². The fraction of sp³-hybridized carbons (Fsp3) is 0.632. The summed E-state index contributed by atoms with van der Waals surface area (Å²) in [6.07, 6.45) is 6.67. The van der Waals surface area contributed by atoms with Gasteiger partial charge < -0.3 is 15.5 Å². The monoisotopic (exact) mass is 333 g/mol. The maximum atomic E-state index is 5.38. The number of benzene rings is 1. The van der Waals surface area contributed by atoms with E-state index in [1.54, 1.807) is 0 Å². The van der Waals surface area contributed by atoms with Crippen molar-refractivity contribution < 1.29 is 0 Å². The molecule has 0 saturated carbocycles. The topological polar surface area (TPSA) is 27.3 Å². The first kappa shape index (κ1) is 18.2. The molecule has 1 fully saturated rings. The molecule has 0 aromatic heterocycles. The van der Waals surface area contributed by atoms with Crippen molar-refractivity contribution in [2.45, 2.75) is 51.9 Å². The first-order chi connectivity index (χ1) is 11.1. The summed E-state index contributed by atoms with van der Waals surface area (Å²) in [6, 6.07) is 8.52. The summed E-state index contributed by atoms with van der Waals surface area (Å²) < 4.78 is 0. The van der Waals surface area contributed by atoms with E-state index in [0.717, 1.165) is 23.8 Å². The van der Waals surface area contributed by atoms with Gasteiger partial charge in [-0.15, -0.1) is 0 Å². The van der Waals surface area contributed by atoms with Crippen molar-refractivity contribution in [2.75, 3.05) is 31.5 Å². The average molecular weight is 334 g/mol. The number of nitrogens with one attached hydrogen (secondary N) is 2. The van der Waals surface area contributed by atoms with Crippen molar-refractivity contribution in [2.24, 2.45) is 0 Å². The fourth-order valence-electron chi connectivity index (χ4n) is 2.99. The van der Waals surface area contributed by atoms with Crippen molar-refractivity contribution in [1.29, 1.82) is 0 Å². The Balaban J connectivity index is 1.62. The molecule has 1 aromatic carbocycles. The molecule has 1 saturated heterocycles. The van der Waals surface area contributed by atoms with Crippen LogP contribution in [0.4, 0.5) is 5.69 Å². The van der Waals surface area contributed by atoms with Gasteiger partial charge in [-0.3, -0.25) is 0 Å². The van der Waals surface area contributed by atoms with E-state index in [0.29, 0.717) is 5.92 Å². The van der Waals surface area contributed by atoms with Gasteiger partial charge in [-0.2, -0.15) is 0 Å². The maximum Gasteiger partial charge on any atom is 0.170 e. The summed E-state index contributed by atoms with van der Waals surface area (Å²) in [4.78, 5) is 2.59. The van der Waals surface area contributed by atoms with E-state index in [1.165, 1.54) is 50.9 Å². The summed E-state index contributed by atoms with van der Waals surface area (Å²) in [5.41, 5.74) is 2.41. The smallest absolute Gasteiger partial charge is 0.170 e. The number of likely N-dealkylation sites (tertiary alicyclic amines) is 1. The molecule has 3 nitrogen and oxygen atoms in total. The maximum absolute atomic E-state index is 5.38. The highest BCUT2D eigenvalue weighted by atomic mass is 32.1. The number of hydrogen-bond donors (Lipinski definition) is 2. The first-order valence-electron chi connectivity index (χ1n) is 9.02. The highest BCUT2D eigenvalue weighted by Gasteiger charge is 2.08. The van der Waals surface area contributed by atoms with Crippen LogP contribution in [0, 0.1) is 0 Å². The molecule has 1 aliphatic rings. The lowest BCUT2D eigenvalue weighted by atomic mass is 10.0. The molecule has 128 valence electrons. The second kappa shape index (κ2) is 9.89. The SMILES string of the molecule is CC(C)c1ccc(NC(=S)NCCCN2CCCCCC2)cc1. The fourth-order valence-corrected chi connectivity index (χ4v) is 3.21. The number of nitrogens with zero attached hydrogens (tertiary/aromatic N) is 1. The van der Waals surface area contributed by atoms with E-state index in [-0.39, 0.29) is 0 Å². The Morgan fingerprint density at radius 3 is 2.35 bits per heavy atom. The van der Waals surface area contributed by atoms with Crippen LogP contribution in [0.1, 0.15) is 57.4 Å². The van der Waals surface area contributed by atoms with Gasteiger partial charge in [0.15, 0.2) is 5.11 Å². The molecule has 1 aromatic rings.